The van der Waals surface area contributed by atoms with Crippen LogP contribution in [0.5, 0.6) is 5.88 Å². The van der Waals surface area contributed by atoms with Gasteiger partial charge in [0, 0.05) is 12.3 Å². The molecule has 1 atom stereocenters. The van der Waals surface area contributed by atoms with E-state index in [2.05, 4.69) is 15.5 Å². The molecule has 76 valence electrons. The third-order valence-corrected chi connectivity index (χ3v) is 2.49. The zero-order valence-corrected chi connectivity index (χ0v) is 8.15. The van der Waals surface area contributed by atoms with Gasteiger partial charge in [-0.05, 0) is 37.9 Å². The van der Waals surface area contributed by atoms with Crippen LogP contribution in [0.4, 0.5) is 0 Å². The van der Waals surface area contributed by atoms with Crippen molar-refractivity contribution in [3.8, 4) is 5.88 Å². The van der Waals surface area contributed by atoms with E-state index in [0.29, 0.717) is 5.88 Å². The van der Waals surface area contributed by atoms with E-state index in [1.165, 1.54) is 6.42 Å². The summed E-state index contributed by atoms with van der Waals surface area (Å²) in [5.74, 6) is 1.39. The average Bonchev–Trinajstić information content (AvgIpc) is 2.72. The molecule has 1 N–H and O–H groups in total. The zero-order chi connectivity index (χ0) is 9.64. The Bertz CT molecular complexity index is 259. The molecule has 1 aliphatic rings. The lowest BCUT2D eigenvalue weighted by Crippen LogP contribution is -2.12. The minimum absolute atomic E-state index is 0.624. The normalized spacial score (nSPS) is 21.0. The molecule has 0 aliphatic carbocycles. The summed E-state index contributed by atoms with van der Waals surface area (Å²) in [6.07, 6.45) is 4.02. The van der Waals surface area contributed by atoms with Crippen LogP contribution >= 0.6 is 0 Å². The summed E-state index contributed by atoms with van der Waals surface area (Å²) in [7, 11) is 0. The largest absolute Gasteiger partial charge is 0.477 e. The van der Waals surface area contributed by atoms with Crippen LogP contribution in [0.3, 0.4) is 0 Å². The maximum absolute atomic E-state index is 5.47. The first-order chi connectivity index (χ1) is 6.95. The van der Waals surface area contributed by atoms with E-state index in [9.17, 15) is 0 Å². The first kappa shape index (κ1) is 9.40. The molecule has 0 aromatic carbocycles. The molecule has 0 saturated carbocycles. The second-order valence-corrected chi connectivity index (χ2v) is 3.56. The topological polar surface area (TPSA) is 47.0 Å². The molecule has 1 saturated heterocycles. The van der Waals surface area contributed by atoms with Crippen LogP contribution in [0, 0.1) is 5.92 Å². The molecule has 14 heavy (non-hydrogen) atoms. The molecule has 1 fully saturated rings. The van der Waals surface area contributed by atoms with Crippen molar-refractivity contribution in [2.45, 2.75) is 12.8 Å². The summed E-state index contributed by atoms with van der Waals surface area (Å²) in [5.41, 5.74) is 0. The number of hydrogen-bond acceptors (Lipinski definition) is 4. The van der Waals surface area contributed by atoms with E-state index in [0.717, 1.165) is 32.0 Å². The van der Waals surface area contributed by atoms with Crippen molar-refractivity contribution in [3.05, 3.63) is 18.3 Å². The standard InChI is InChI=1S/C10H15N3O/c1-2-10(13-12-5-1)14-7-4-9-3-6-11-8-9/h1-2,5,9,11H,3-4,6-8H2. The third kappa shape index (κ3) is 2.67. The summed E-state index contributed by atoms with van der Waals surface area (Å²) in [5, 5.41) is 10.9. The Morgan fingerprint density at radius 3 is 3.29 bits per heavy atom. The van der Waals surface area contributed by atoms with Crippen LogP contribution < -0.4 is 10.1 Å². The van der Waals surface area contributed by atoms with Crippen LogP contribution in [0.15, 0.2) is 18.3 Å². The molecule has 0 spiro atoms. The van der Waals surface area contributed by atoms with E-state index in [1.807, 2.05) is 12.1 Å². The molecule has 1 aliphatic heterocycles. The highest BCUT2D eigenvalue weighted by atomic mass is 16.5. The fourth-order valence-corrected chi connectivity index (χ4v) is 1.66. The monoisotopic (exact) mass is 193 g/mol. The molecule has 1 aromatic rings. The highest BCUT2D eigenvalue weighted by Crippen LogP contribution is 2.12. The first-order valence-electron chi connectivity index (χ1n) is 5.06. The summed E-state index contributed by atoms with van der Waals surface area (Å²) in [4.78, 5) is 0. The van der Waals surface area contributed by atoms with Gasteiger partial charge in [0.15, 0.2) is 0 Å². The van der Waals surface area contributed by atoms with Crippen LogP contribution in [0.1, 0.15) is 12.8 Å². The second-order valence-electron chi connectivity index (χ2n) is 3.56. The highest BCUT2D eigenvalue weighted by Gasteiger charge is 2.13. The van der Waals surface area contributed by atoms with Gasteiger partial charge < -0.3 is 10.1 Å². The van der Waals surface area contributed by atoms with Crippen LogP contribution in [-0.2, 0) is 0 Å². The predicted molar refractivity (Wildman–Crippen MR) is 53.1 cm³/mol. The van der Waals surface area contributed by atoms with Crippen molar-refractivity contribution in [1.29, 1.82) is 0 Å². The van der Waals surface area contributed by atoms with Gasteiger partial charge in [-0.25, -0.2) is 0 Å². The van der Waals surface area contributed by atoms with Gasteiger partial charge in [-0.15, -0.1) is 5.10 Å². The Morgan fingerprint density at radius 2 is 2.57 bits per heavy atom. The van der Waals surface area contributed by atoms with Gasteiger partial charge in [0.2, 0.25) is 5.88 Å². The van der Waals surface area contributed by atoms with E-state index in [4.69, 9.17) is 4.74 Å². The predicted octanol–water partition coefficient (Wildman–Crippen LogP) is 0.855. The van der Waals surface area contributed by atoms with Gasteiger partial charge in [0.05, 0.1) is 6.61 Å². The lowest BCUT2D eigenvalue weighted by Gasteiger charge is -2.08. The van der Waals surface area contributed by atoms with E-state index >= 15 is 0 Å². The number of ether oxygens (including phenoxy) is 1. The summed E-state index contributed by atoms with van der Waals surface area (Å²) >= 11 is 0. The molecule has 0 bridgehead atoms. The first-order valence-corrected chi connectivity index (χ1v) is 5.06. The summed E-state index contributed by atoms with van der Waals surface area (Å²) in [6.45, 7) is 3.02. The van der Waals surface area contributed by atoms with Crippen LogP contribution in [0.25, 0.3) is 0 Å². The molecule has 1 unspecified atom stereocenters. The van der Waals surface area contributed by atoms with Crippen molar-refractivity contribution in [2.75, 3.05) is 19.7 Å². The van der Waals surface area contributed by atoms with Crippen molar-refractivity contribution < 1.29 is 4.74 Å². The molecular weight excluding hydrogens is 178 g/mol. The number of nitrogens with one attached hydrogen (secondary N) is 1. The van der Waals surface area contributed by atoms with E-state index in [1.54, 1.807) is 6.20 Å². The van der Waals surface area contributed by atoms with Gasteiger partial charge in [0.25, 0.3) is 0 Å². The second kappa shape index (κ2) is 4.91. The lowest BCUT2D eigenvalue weighted by atomic mass is 10.1. The molecule has 0 amide bonds. The molecule has 0 radical (unpaired) electrons. The van der Waals surface area contributed by atoms with Gasteiger partial charge in [-0.1, -0.05) is 0 Å². The molecule has 2 rings (SSSR count). The molecule has 1 aromatic heterocycles. The zero-order valence-electron chi connectivity index (χ0n) is 8.15. The van der Waals surface area contributed by atoms with Gasteiger partial charge in [0.1, 0.15) is 0 Å². The number of nitrogens with zero attached hydrogens (tertiary/aromatic N) is 2. The minimum atomic E-state index is 0.624. The Hall–Kier alpha value is -1.16. The van der Waals surface area contributed by atoms with Crippen LogP contribution in [-0.4, -0.2) is 29.9 Å². The number of hydrogen-bond donors (Lipinski definition) is 1. The highest BCUT2D eigenvalue weighted by molar-refractivity contribution is 5.04. The quantitative estimate of drug-likeness (QED) is 0.770. The van der Waals surface area contributed by atoms with Crippen LogP contribution in [0.2, 0.25) is 0 Å². The van der Waals surface area contributed by atoms with Crippen molar-refractivity contribution in [2.24, 2.45) is 5.92 Å². The Balaban J connectivity index is 1.67. The van der Waals surface area contributed by atoms with Gasteiger partial charge in [-0.2, -0.15) is 5.10 Å². The van der Waals surface area contributed by atoms with Crippen molar-refractivity contribution in [3.63, 3.8) is 0 Å². The number of rotatable bonds is 4. The maximum atomic E-state index is 5.47. The molecular formula is C10H15N3O. The third-order valence-electron chi connectivity index (χ3n) is 2.49. The summed E-state index contributed by atoms with van der Waals surface area (Å²) < 4.78 is 5.47. The molecule has 4 heteroatoms. The Morgan fingerprint density at radius 1 is 1.57 bits per heavy atom. The SMILES string of the molecule is c1cnnc(OCCC2CCNC2)c1. The van der Waals surface area contributed by atoms with Gasteiger partial charge >= 0.3 is 0 Å². The molecule has 2 heterocycles. The Labute approximate surface area is 83.7 Å². The summed E-state index contributed by atoms with van der Waals surface area (Å²) in [6, 6.07) is 3.67. The Kier molecular flexibility index (Phi) is 3.29. The van der Waals surface area contributed by atoms with E-state index < -0.39 is 0 Å². The van der Waals surface area contributed by atoms with Crippen molar-refractivity contribution >= 4 is 0 Å². The van der Waals surface area contributed by atoms with Gasteiger partial charge in [-0.3, -0.25) is 0 Å². The lowest BCUT2D eigenvalue weighted by molar-refractivity contribution is 0.271. The van der Waals surface area contributed by atoms with E-state index in [-0.39, 0.29) is 0 Å². The van der Waals surface area contributed by atoms with Crippen molar-refractivity contribution in [1.82, 2.24) is 15.5 Å². The maximum Gasteiger partial charge on any atom is 0.233 e. The minimum Gasteiger partial charge on any atom is -0.477 e. The molecule has 4 nitrogen and oxygen atoms in total. The average molecular weight is 193 g/mol. The fourth-order valence-electron chi connectivity index (χ4n) is 1.66. The number of aromatic nitrogens is 2. The fraction of sp³-hybridized carbons (Fsp3) is 0.600. The smallest absolute Gasteiger partial charge is 0.233 e.